The molecular weight excluding hydrogens is 1380 g/mol. The lowest BCUT2D eigenvalue weighted by molar-refractivity contribution is -0.141. The number of rotatable bonds is 38. The molecule has 2 aliphatic heterocycles. The molecule has 4 rings (SSSR count). The number of nitrogens with zero attached hydrogens (tertiary/aromatic N) is 2. The summed E-state index contributed by atoms with van der Waals surface area (Å²) in [5.74, 6) is -14.9. The quantitative estimate of drug-likeness (QED) is 0.0129. The molecule has 2 fully saturated rings. The van der Waals surface area contributed by atoms with Crippen molar-refractivity contribution in [3.05, 3.63) is 83.6 Å². The number of carbonyl (C=O) groups is 15. The van der Waals surface area contributed by atoms with Crippen LogP contribution in [0.25, 0.3) is 0 Å². The van der Waals surface area contributed by atoms with E-state index in [1.54, 1.807) is 60.7 Å². The van der Waals surface area contributed by atoms with Gasteiger partial charge in [0.25, 0.3) is 5.91 Å². The average molecular weight is 1480 g/mol. The maximum atomic E-state index is 14.3. The van der Waals surface area contributed by atoms with Gasteiger partial charge in [-0.15, -0.1) is 0 Å². The minimum absolute atomic E-state index is 0.0142. The van der Waals surface area contributed by atoms with Crippen molar-refractivity contribution in [1.29, 1.82) is 0 Å². The zero-order valence-electron chi connectivity index (χ0n) is 58.2. The molecule has 0 bridgehead atoms. The molecule has 0 spiro atoms. The van der Waals surface area contributed by atoms with E-state index in [0.717, 1.165) is 0 Å². The average Bonchev–Trinajstić information content (AvgIpc) is 1.84. The summed E-state index contributed by atoms with van der Waals surface area (Å²) >= 11 is 0. The highest BCUT2D eigenvalue weighted by molar-refractivity contribution is 6.05. The molecule has 0 aliphatic carbocycles. The fourth-order valence-electron chi connectivity index (χ4n) is 10.5. The summed E-state index contributed by atoms with van der Waals surface area (Å²) in [6.45, 7) is -0.704. The molecule has 2 saturated heterocycles. The highest BCUT2D eigenvalue weighted by Gasteiger charge is 2.35. The third-order valence-electron chi connectivity index (χ3n) is 15.8. The summed E-state index contributed by atoms with van der Waals surface area (Å²) in [4.78, 5) is 210. The molecule has 2 aliphatic rings. The molecule has 0 aromatic heterocycles. The Morgan fingerprint density at radius 3 is 1.45 bits per heavy atom. The van der Waals surface area contributed by atoms with Crippen molar-refractivity contribution in [1.82, 2.24) is 69.1 Å². The smallest absolute Gasteiger partial charge is 0.330 e. The van der Waals surface area contributed by atoms with Crippen LogP contribution in [0.5, 0.6) is 0 Å². The summed E-state index contributed by atoms with van der Waals surface area (Å²) in [5.41, 5.74) is 27.7. The lowest BCUT2D eigenvalue weighted by atomic mass is 10.0. The fourth-order valence-corrected chi connectivity index (χ4v) is 10.5. The van der Waals surface area contributed by atoms with Crippen molar-refractivity contribution in [2.75, 3.05) is 72.2 Å². The molecule has 105 heavy (non-hydrogen) atoms. The van der Waals surface area contributed by atoms with Gasteiger partial charge in [0.1, 0.15) is 54.0 Å². The number of aliphatic imine (C=N–C) groups is 2. The van der Waals surface area contributed by atoms with Gasteiger partial charge in [0.15, 0.2) is 11.9 Å². The van der Waals surface area contributed by atoms with E-state index in [1.165, 1.54) is 0 Å². The molecule has 0 radical (unpaired) electrons. The van der Waals surface area contributed by atoms with Gasteiger partial charge >= 0.3 is 11.9 Å². The molecule has 576 valence electrons. The standard InChI is InChI=1S/C66H98N20O19/c67-24-30-105-32-31-104-29-23-51(88)78-45(56(95)73-26-10-8-18-44-60(99)82-42(20-12-28-75-66(70)71)58(97)77-38-53(90)80-49(36-55(93)94)64(103)86-47(62(101)84-44)34-40-15-5-2-6-16-40)21-22-50(87)72-25-9-7-17-43-59(98)81-41(19-11-27-74-65(68)69)57(96)76-37-52(89)79-48(35-54(91)92)63(102)85-46(61(100)83-43)33-39-13-3-1-4-14-39/h1-6,13-16,35,41-47,49H,7-12,17-34,36-38,67H2,(H,72,87)(H,73,95)(H,76,96)(H,77,97)(H,78,88)(H,79,89)(H,80,90)(H,81,98)(H,82,99)(H,83,100)(H,84,101)(H,85,102)(H,86,103)(H,91,92)(H,93,94)(H4,68,69,74)(H4,70,71,75)/b48-35+/t41-,42-,43-,44-,45-,46+,47+,49-/m0/s1. The van der Waals surface area contributed by atoms with Crippen molar-refractivity contribution in [3.63, 3.8) is 0 Å². The second-order valence-corrected chi connectivity index (χ2v) is 24.3. The fraction of sp³-hybridized carbons (Fsp3) is 0.530. The van der Waals surface area contributed by atoms with E-state index < -0.39 is 162 Å². The van der Waals surface area contributed by atoms with E-state index in [-0.39, 0.29) is 161 Å². The summed E-state index contributed by atoms with van der Waals surface area (Å²) in [6, 6.07) is 5.26. The Kier molecular flexibility index (Phi) is 39.1. The predicted octanol–water partition coefficient (Wildman–Crippen LogP) is -6.99. The minimum Gasteiger partial charge on any atom is -0.481 e. The Hall–Kier alpha value is -11.3. The van der Waals surface area contributed by atoms with Crippen molar-refractivity contribution < 1.29 is 91.6 Å². The zero-order valence-corrected chi connectivity index (χ0v) is 58.2. The molecule has 39 heteroatoms. The molecule has 0 unspecified atom stereocenters. The van der Waals surface area contributed by atoms with Crippen LogP contribution in [0.3, 0.4) is 0 Å². The van der Waals surface area contributed by atoms with Crippen LogP contribution in [0.1, 0.15) is 101 Å². The van der Waals surface area contributed by atoms with Gasteiger partial charge in [-0.2, -0.15) is 0 Å². The number of hydrogen-bond acceptors (Lipinski definition) is 20. The van der Waals surface area contributed by atoms with Gasteiger partial charge in [-0.1, -0.05) is 60.7 Å². The van der Waals surface area contributed by atoms with E-state index in [2.05, 4.69) is 79.1 Å². The zero-order chi connectivity index (χ0) is 77.1. The molecule has 2 aromatic rings. The number of carboxylic acids is 2. The van der Waals surface area contributed by atoms with E-state index in [9.17, 15) is 82.1 Å². The van der Waals surface area contributed by atoms with Gasteiger partial charge in [0.2, 0.25) is 70.9 Å². The highest BCUT2D eigenvalue weighted by atomic mass is 16.5. The van der Waals surface area contributed by atoms with Crippen molar-refractivity contribution >= 4 is 101 Å². The Morgan fingerprint density at radius 1 is 0.505 bits per heavy atom. The Balaban J connectivity index is 1.52. The number of unbranched alkanes of at least 4 members (excludes halogenated alkanes) is 2. The monoisotopic (exact) mass is 1470 g/mol. The molecular formula is C66H98N20O19. The molecule has 39 nitrogen and oxygen atoms in total. The van der Waals surface area contributed by atoms with E-state index in [0.29, 0.717) is 23.8 Å². The molecule has 0 saturated carbocycles. The van der Waals surface area contributed by atoms with Crippen LogP contribution < -0.4 is 97.8 Å². The first-order chi connectivity index (χ1) is 50.2. The first-order valence-corrected chi connectivity index (χ1v) is 34.2. The Morgan fingerprint density at radius 2 is 0.952 bits per heavy atom. The summed E-state index contributed by atoms with van der Waals surface area (Å²) in [5, 5.41) is 52.0. The third-order valence-corrected chi connectivity index (χ3v) is 15.8. The number of guanidine groups is 2. The number of carbonyl (C=O) groups excluding carboxylic acids is 13. The lowest BCUT2D eigenvalue weighted by Gasteiger charge is -2.26. The van der Waals surface area contributed by atoms with Gasteiger partial charge in [0, 0.05) is 58.4 Å². The molecule has 8 atom stereocenters. The van der Waals surface area contributed by atoms with Gasteiger partial charge in [-0.3, -0.25) is 77.1 Å². The summed E-state index contributed by atoms with van der Waals surface area (Å²) in [7, 11) is 0. The number of nitrogens with two attached hydrogens (primary N) is 5. The topological polar surface area (TPSA) is 626 Å². The van der Waals surface area contributed by atoms with Crippen LogP contribution in [0.2, 0.25) is 0 Å². The SMILES string of the molecule is NCCOCCOCCC(=O)N[C@@H](CCC(=O)NCCCC[C@@H]1NC(=O)[C@@H](Cc2ccccc2)NC(=O)/C(=C\C(=O)O)NC(=O)CNC(=O)[C@H](CCCN=C(N)N)NC1=O)C(=O)NCCCC[C@@H]1NC(=O)[C@@H](Cc2ccccc2)NC(=O)[C@H](CC(=O)O)NC(=O)CNC(=O)[C@H](CCCN=C(N)N)NC1=O. The van der Waals surface area contributed by atoms with Crippen LogP contribution in [0.4, 0.5) is 0 Å². The minimum atomic E-state index is -1.71. The van der Waals surface area contributed by atoms with Gasteiger partial charge in [0.05, 0.1) is 52.0 Å². The molecule has 2 aromatic carbocycles. The maximum absolute atomic E-state index is 14.3. The third kappa shape index (κ3) is 35.4. The van der Waals surface area contributed by atoms with Crippen LogP contribution in [0.15, 0.2) is 82.4 Å². The number of ether oxygens (including phenoxy) is 2. The van der Waals surface area contributed by atoms with Crippen molar-refractivity contribution in [2.45, 2.75) is 151 Å². The molecule has 25 N–H and O–H groups in total. The van der Waals surface area contributed by atoms with Gasteiger partial charge in [-0.05, 0) is 81.8 Å². The number of nitrogens with one attached hydrogen (secondary N) is 13. The second-order valence-electron chi connectivity index (χ2n) is 24.3. The van der Waals surface area contributed by atoms with Gasteiger partial charge in [-0.25, -0.2) is 4.79 Å². The van der Waals surface area contributed by atoms with Crippen LogP contribution >= 0.6 is 0 Å². The Bertz CT molecular complexity index is 3370. The van der Waals surface area contributed by atoms with Gasteiger partial charge < -0.3 is 117 Å². The van der Waals surface area contributed by atoms with E-state index >= 15 is 0 Å². The number of benzene rings is 2. The first-order valence-electron chi connectivity index (χ1n) is 34.2. The van der Waals surface area contributed by atoms with Crippen LogP contribution in [0, 0.1) is 0 Å². The molecule has 2 heterocycles. The van der Waals surface area contributed by atoms with Crippen LogP contribution in [-0.2, 0) is 94.2 Å². The Labute approximate surface area is 604 Å². The lowest BCUT2D eigenvalue weighted by Crippen LogP contribution is -2.58. The number of hydrogen-bond donors (Lipinski definition) is 20. The number of aliphatic carboxylic acids is 2. The van der Waals surface area contributed by atoms with Crippen molar-refractivity contribution in [3.8, 4) is 0 Å². The summed E-state index contributed by atoms with van der Waals surface area (Å²) in [6.07, 6.45) is -1.19. The predicted molar refractivity (Wildman–Crippen MR) is 376 cm³/mol. The second kappa shape index (κ2) is 47.8. The highest BCUT2D eigenvalue weighted by Crippen LogP contribution is 2.13. The van der Waals surface area contributed by atoms with Crippen molar-refractivity contribution in [2.24, 2.45) is 38.7 Å². The van der Waals surface area contributed by atoms with E-state index in [1.807, 2.05) is 0 Å². The molecule has 13 amide bonds. The first kappa shape index (κ1) is 86.1. The van der Waals surface area contributed by atoms with E-state index in [4.69, 9.17) is 38.1 Å². The normalized spacial score (nSPS) is 20.2. The number of carboxylic acid groups (broad SMARTS) is 2. The van der Waals surface area contributed by atoms with Crippen LogP contribution in [-0.4, -0.2) is 231 Å². The largest absolute Gasteiger partial charge is 0.481 e. The maximum Gasteiger partial charge on any atom is 0.330 e. The number of amides is 13. The summed E-state index contributed by atoms with van der Waals surface area (Å²) < 4.78 is 10.8.